The molecule has 0 aliphatic heterocycles. The largest absolute Gasteiger partial charge is 0.323 e. The van der Waals surface area contributed by atoms with E-state index in [0.29, 0.717) is 5.25 Å². The van der Waals surface area contributed by atoms with Gasteiger partial charge in [-0.15, -0.1) is 0 Å². The lowest BCUT2D eigenvalue weighted by Crippen LogP contribution is -2.21. The molecule has 0 fully saturated rings. The number of aryl methyl sites for hydroxylation is 1. The Labute approximate surface area is 91.1 Å². The molecule has 2 atom stereocenters. The molecule has 78 valence electrons. The molecule has 0 aliphatic rings. The molecule has 2 heteroatoms. The maximum Gasteiger partial charge on any atom is 0.0412 e. The Morgan fingerprint density at radius 3 is 2.36 bits per heavy atom. The van der Waals surface area contributed by atoms with Crippen molar-refractivity contribution < 1.29 is 0 Å². The topological polar surface area (TPSA) is 26.0 Å². The van der Waals surface area contributed by atoms with Crippen LogP contribution in [0.25, 0.3) is 0 Å². The van der Waals surface area contributed by atoms with Gasteiger partial charge in [0.15, 0.2) is 0 Å². The highest BCUT2D eigenvalue weighted by atomic mass is 32.2. The second kappa shape index (κ2) is 5.42. The molecule has 1 aromatic rings. The molecule has 2 N–H and O–H groups in total. The molecule has 0 aliphatic carbocycles. The molecule has 14 heavy (non-hydrogen) atoms. The minimum Gasteiger partial charge on any atom is -0.323 e. The highest BCUT2D eigenvalue weighted by Gasteiger charge is 2.13. The van der Waals surface area contributed by atoms with E-state index in [-0.39, 0.29) is 6.04 Å². The highest BCUT2D eigenvalue weighted by Crippen LogP contribution is 2.24. The fourth-order valence-corrected chi connectivity index (χ4v) is 2.32. The number of hydrogen-bond acceptors (Lipinski definition) is 2. The molecule has 0 amide bonds. The third-order valence-corrected chi connectivity index (χ3v) is 3.55. The molecule has 2 unspecified atom stereocenters. The fourth-order valence-electron chi connectivity index (χ4n) is 1.43. The molecule has 0 saturated heterocycles. The summed E-state index contributed by atoms with van der Waals surface area (Å²) in [6.45, 7) is 6.46. The monoisotopic (exact) mass is 209 g/mol. The maximum atomic E-state index is 6.15. The summed E-state index contributed by atoms with van der Waals surface area (Å²) < 4.78 is 0. The van der Waals surface area contributed by atoms with E-state index < -0.39 is 0 Å². The zero-order valence-electron chi connectivity index (χ0n) is 9.16. The quantitative estimate of drug-likeness (QED) is 0.824. The minimum atomic E-state index is 0.153. The lowest BCUT2D eigenvalue weighted by Gasteiger charge is -2.19. The third kappa shape index (κ3) is 3.03. The molecule has 0 radical (unpaired) electrons. The van der Waals surface area contributed by atoms with Crippen molar-refractivity contribution in [1.29, 1.82) is 0 Å². The third-order valence-electron chi connectivity index (χ3n) is 2.40. The van der Waals surface area contributed by atoms with Crippen molar-refractivity contribution in [1.82, 2.24) is 0 Å². The Kier molecular flexibility index (Phi) is 4.49. The van der Waals surface area contributed by atoms with E-state index in [1.54, 1.807) is 0 Å². The van der Waals surface area contributed by atoms with E-state index in [0.717, 1.165) is 5.75 Å². The molecular weight excluding hydrogens is 190 g/mol. The summed E-state index contributed by atoms with van der Waals surface area (Å²) in [6, 6.07) is 8.66. The van der Waals surface area contributed by atoms with Gasteiger partial charge in [-0.25, -0.2) is 0 Å². The van der Waals surface area contributed by atoms with E-state index in [1.807, 2.05) is 11.8 Å². The number of thioether (sulfide) groups is 1. The van der Waals surface area contributed by atoms with E-state index in [4.69, 9.17) is 5.73 Å². The van der Waals surface area contributed by atoms with Crippen molar-refractivity contribution in [2.45, 2.75) is 32.1 Å². The van der Waals surface area contributed by atoms with Crippen molar-refractivity contribution in [2.75, 3.05) is 5.75 Å². The van der Waals surface area contributed by atoms with Crippen LogP contribution in [0.3, 0.4) is 0 Å². The second-order valence-electron chi connectivity index (χ2n) is 3.60. The Morgan fingerprint density at radius 2 is 1.86 bits per heavy atom. The second-order valence-corrected chi connectivity index (χ2v) is 5.25. The molecule has 0 bridgehead atoms. The molecule has 0 heterocycles. The van der Waals surface area contributed by atoms with Gasteiger partial charge in [-0.2, -0.15) is 11.8 Å². The zero-order chi connectivity index (χ0) is 10.6. The van der Waals surface area contributed by atoms with Crippen molar-refractivity contribution in [2.24, 2.45) is 5.73 Å². The van der Waals surface area contributed by atoms with Crippen LogP contribution in [0, 0.1) is 6.92 Å². The van der Waals surface area contributed by atoms with Gasteiger partial charge in [0.1, 0.15) is 0 Å². The van der Waals surface area contributed by atoms with Gasteiger partial charge in [-0.1, -0.05) is 43.7 Å². The number of nitrogens with two attached hydrogens (primary N) is 1. The van der Waals surface area contributed by atoms with Crippen molar-refractivity contribution >= 4 is 11.8 Å². The average molecular weight is 209 g/mol. The summed E-state index contributed by atoms with van der Waals surface area (Å²) in [5.74, 6) is 1.13. The first-order valence-corrected chi connectivity index (χ1v) is 6.13. The first kappa shape index (κ1) is 11.6. The molecule has 0 spiro atoms. The number of benzene rings is 1. The molecule has 0 aromatic heterocycles. The van der Waals surface area contributed by atoms with Crippen molar-refractivity contribution in [3.8, 4) is 0 Å². The maximum absolute atomic E-state index is 6.15. The van der Waals surface area contributed by atoms with Crippen molar-refractivity contribution in [3.63, 3.8) is 0 Å². The van der Waals surface area contributed by atoms with Crippen LogP contribution in [-0.2, 0) is 0 Å². The fraction of sp³-hybridized carbons (Fsp3) is 0.500. The SMILES string of the molecule is CCSC(C)C(N)c1ccc(C)cc1. The smallest absolute Gasteiger partial charge is 0.0412 e. The summed E-state index contributed by atoms with van der Waals surface area (Å²) in [5, 5.41) is 0.489. The average Bonchev–Trinajstić information content (AvgIpc) is 2.18. The molecule has 1 aromatic carbocycles. The van der Waals surface area contributed by atoms with Crippen LogP contribution < -0.4 is 5.73 Å². The first-order chi connectivity index (χ1) is 6.65. The Bertz CT molecular complexity index is 268. The number of hydrogen-bond donors (Lipinski definition) is 1. The molecular formula is C12H19NS. The van der Waals surface area contributed by atoms with Crippen LogP contribution in [0.15, 0.2) is 24.3 Å². The highest BCUT2D eigenvalue weighted by molar-refractivity contribution is 7.99. The Balaban J connectivity index is 2.68. The first-order valence-electron chi connectivity index (χ1n) is 5.09. The van der Waals surface area contributed by atoms with Crippen LogP contribution in [0.1, 0.15) is 31.0 Å². The van der Waals surface area contributed by atoms with Crippen LogP contribution >= 0.6 is 11.8 Å². The van der Waals surface area contributed by atoms with Gasteiger partial charge in [0.05, 0.1) is 0 Å². The standard InChI is InChI=1S/C12H19NS/c1-4-14-10(3)12(13)11-7-5-9(2)6-8-11/h5-8,10,12H,4,13H2,1-3H3. The molecule has 1 rings (SSSR count). The van der Waals surface area contributed by atoms with E-state index >= 15 is 0 Å². The Hall–Kier alpha value is -0.470. The molecule has 0 saturated carbocycles. The van der Waals surface area contributed by atoms with Crippen LogP contribution in [-0.4, -0.2) is 11.0 Å². The lowest BCUT2D eigenvalue weighted by atomic mass is 10.0. The minimum absolute atomic E-state index is 0.153. The van der Waals surface area contributed by atoms with Gasteiger partial charge in [0, 0.05) is 11.3 Å². The summed E-state index contributed by atoms with van der Waals surface area (Å²) >= 11 is 1.91. The van der Waals surface area contributed by atoms with Gasteiger partial charge < -0.3 is 5.73 Å². The van der Waals surface area contributed by atoms with Gasteiger partial charge in [-0.05, 0) is 18.2 Å². The zero-order valence-corrected chi connectivity index (χ0v) is 9.97. The summed E-state index contributed by atoms with van der Waals surface area (Å²) in [7, 11) is 0. The predicted octanol–water partition coefficient (Wildman–Crippen LogP) is 3.14. The van der Waals surface area contributed by atoms with E-state index in [2.05, 4.69) is 45.0 Å². The number of rotatable bonds is 4. The van der Waals surface area contributed by atoms with Gasteiger partial charge in [-0.3, -0.25) is 0 Å². The lowest BCUT2D eigenvalue weighted by molar-refractivity contribution is 0.715. The predicted molar refractivity (Wildman–Crippen MR) is 65.7 cm³/mol. The molecule has 1 nitrogen and oxygen atoms in total. The van der Waals surface area contributed by atoms with Gasteiger partial charge >= 0.3 is 0 Å². The van der Waals surface area contributed by atoms with Crippen LogP contribution in [0.5, 0.6) is 0 Å². The van der Waals surface area contributed by atoms with Gasteiger partial charge in [0.25, 0.3) is 0 Å². The van der Waals surface area contributed by atoms with Crippen molar-refractivity contribution in [3.05, 3.63) is 35.4 Å². The van der Waals surface area contributed by atoms with Crippen LogP contribution in [0.2, 0.25) is 0 Å². The Morgan fingerprint density at radius 1 is 1.29 bits per heavy atom. The summed E-state index contributed by atoms with van der Waals surface area (Å²) in [4.78, 5) is 0. The summed E-state index contributed by atoms with van der Waals surface area (Å²) in [6.07, 6.45) is 0. The van der Waals surface area contributed by atoms with E-state index in [9.17, 15) is 0 Å². The van der Waals surface area contributed by atoms with Crippen LogP contribution in [0.4, 0.5) is 0 Å². The van der Waals surface area contributed by atoms with E-state index in [1.165, 1.54) is 11.1 Å². The van der Waals surface area contributed by atoms with Gasteiger partial charge in [0.2, 0.25) is 0 Å². The normalized spacial score (nSPS) is 15.1. The summed E-state index contributed by atoms with van der Waals surface area (Å²) in [5.41, 5.74) is 8.68.